The average molecular weight is 425 g/mol. The molecule has 30 heavy (non-hydrogen) atoms. The molecule has 0 atom stereocenters. The van der Waals surface area contributed by atoms with Gasteiger partial charge >= 0.3 is 0 Å². The normalized spacial score (nSPS) is 10.9. The van der Waals surface area contributed by atoms with Crippen LogP contribution in [0.25, 0.3) is 0 Å². The van der Waals surface area contributed by atoms with Crippen LogP contribution < -0.4 is 0 Å². The number of amides is 2. The number of thiophene rings is 1. The maximum Gasteiger partial charge on any atom is 0.264 e. The molecule has 0 aliphatic carbocycles. The van der Waals surface area contributed by atoms with E-state index in [4.69, 9.17) is 4.42 Å². The van der Waals surface area contributed by atoms with E-state index in [1.165, 1.54) is 16.9 Å². The molecular weight excluding hydrogens is 396 g/mol. The summed E-state index contributed by atoms with van der Waals surface area (Å²) in [6.45, 7) is 6.75. The second kappa shape index (κ2) is 10.3. The third kappa shape index (κ3) is 5.83. The Morgan fingerprint density at radius 2 is 1.80 bits per heavy atom. The van der Waals surface area contributed by atoms with Crippen LogP contribution in [0, 0.1) is 6.92 Å². The number of aryl methyl sites for hydroxylation is 1. The van der Waals surface area contributed by atoms with E-state index in [0.29, 0.717) is 18.0 Å². The van der Waals surface area contributed by atoms with Gasteiger partial charge in [0.1, 0.15) is 18.1 Å². The van der Waals surface area contributed by atoms with E-state index in [9.17, 15) is 9.59 Å². The van der Waals surface area contributed by atoms with Crippen molar-refractivity contribution in [2.75, 3.05) is 13.1 Å². The van der Waals surface area contributed by atoms with Crippen LogP contribution in [-0.4, -0.2) is 40.7 Å². The Kier molecular flexibility index (Phi) is 7.46. The zero-order valence-corrected chi connectivity index (χ0v) is 18.5. The molecule has 1 aromatic carbocycles. The molecule has 2 amide bonds. The van der Waals surface area contributed by atoms with E-state index in [0.717, 1.165) is 17.9 Å². The summed E-state index contributed by atoms with van der Waals surface area (Å²) < 4.78 is 5.70. The fraction of sp³-hybridized carbons (Fsp3) is 0.333. The Morgan fingerprint density at radius 1 is 1.03 bits per heavy atom. The maximum atomic E-state index is 13.3. The number of rotatable bonds is 9. The van der Waals surface area contributed by atoms with Crippen LogP contribution in [0.3, 0.4) is 0 Å². The standard InChI is InChI=1S/C24H28N2O3S/c1-18(2)26(24(28)22-10-7-15-30-22)17-23(27)25(16-21-12-11-19(3)29-21)14-13-20-8-5-4-6-9-20/h4-12,15,18H,13-14,16-17H2,1-3H3. The van der Waals surface area contributed by atoms with E-state index in [-0.39, 0.29) is 24.4 Å². The van der Waals surface area contributed by atoms with Crippen LogP contribution in [0.5, 0.6) is 0 Å². The third-order valence-electron chi connectivity index (χ3n) is 4.93. The molecule has 0 bridgehead atoms. The highest BCUT2D eigenvalue weighted by atomic mass is 32.1. The van der Waals surface area contributed by atoms with Crippen LogP contribution >= 0.6 is 11.3 Å². The summed E-state index contributed by atoms with van der Waals surface area (Å²) in [5, 5.41) is 1.87. The largest absolute Gasteiger partial charge is 0.464 e. The Balaban J connectivity index is 1.74. The highest BCUT2D eigenvalue weighted by molar-refractivity contribution is 7.12. The second-order valence-corrected chi connectivity index (χ2v) is 8.52. The lowest BCUT2D eigenvalue weighted by Gasteiger charge is -2.29. The number of nitrogens with zero attached hydrogens (tertiary/aromatic N) is 2. The molecule has 0 aliphatic rings. The van der Waals surface area contributed by atoms with Gasteiger partial charge in [0.25, 0.3) is 5.91 Å². The molecule has 6 heteroatoms. The average Bonchev–Trinajstić information content (AvgIpc) is 3.41. The van der Waals surface area contributed by atoms with Crippen molar-refractivity contribution in [3.8, 4) is 0 Å². The van der Waals surface area contributed by atoms with Crippen molar-refractivity contribution in [1.29, 1.82) is 0 Å². The van der Waals surface area contributed by atoms with Crippen molar-refractivity contribution < 1.29 is 14.0 Å². The van der Waals surface area contributed by atoms with Gasteiger partial charge in [-0.15, -0.1) is 11.3 Å². The molecule has 0 N–H and O–H groups in total. The van der Waals surface area contributed by atoms with Gasteiger partial charge in [-0.25, -0.2) is 0 Å². The number of benzene rings is 1. The first-order valence-electron chi connectivity index (χ1n) is 10.2. The van der Waals surface area contributed by atoms with Crippen molar-refractivity contribution in [3.63, 3.8) is 0 Å². The van der Waals surface area contributed by atoms with Crippen LogP contribution in [0.4, 0.5) is 0 Å². The van der Waals surface area contributed by atoms with Gasteiger partial charge in [0.15, 0.2) is 0 Å². The summed E-state index contributed by atoms with van der Waals surface area (Å²) in [4.78, 5) is 30.2. The number of hydrogen-bond acceptors (Lipinski definition) is 4. The van der Waals surface area contributed by atoms with Gasteiger partial charge in [0.2, 0.25) is 5.91 Å². The molecule has 0 saturated carbocycles. The molecular formula is C24H28N2O3S. The third-order valence-corrected chi connectivity index (χ3v) is 5.79. The van der Waals surface area contributed by atoms with Crippen LogP contribution in [0.2, 0.25) is 0 Å². The minimum Gasteiger partial charge on any atom is -0.464 e. The van der Waals surface area contributed by atoms with E-state index < -0.39 is 0 Å². The summed E-state index contributed by atoms with van der Waals surface area (Å²) >= 11 is 1.39. The predicted molar refractivity (Wildman–Crippen MR) is 119 cm³/mol. The van der Waals surface area contributed by atoms with Crippen LogP contribution in [-0.2, 0) is 17.8 Å². The topological polar surface area (TPSA) is 53.8 Å². The van der Waals surface area contributed by atoms with Crippen molar-refractivity contribution in [3.05, 3.63) is 81.9 Å². The number of hydrogen-bond donors (Lipinski definition) is 0. The molecule has 2 aromatic heterocycles. The van der Waals surface area contributed by atoms with Crippen molar-refractivity contribution in [2.24, 2.45) is 0 Å². The Labute approximate surface area is 181 Å². The summed E-state index contributed by atoms with van der Waals surface area (Å²) in [5.41, 5.74) is 1.17. The first kappa shape index (κ1) is 21.8. The van der Waals surface area contributed by atoms with E-state index in [1.807, 2.05) is 62.5 Å². The molecule has 0 saturated heterocycles. The highest BCUT2D eigenvalue weighted by Gasteiger charge is 2.25. The summed E-state index contributed by atoms with van der Waals surface area (Å²) in [7, 11) is 0. The quantitative estimate of drug-likeness (QED) is 0.497. The van der Waals surface area contributed by atoms with E-state index >= 15 is 0 Å². The van der Waals surface area contributed by atoms with Gasteiger partial charge in [0, 0.05) is 12.6 Å². The molecule has 0 radical (unpaired) electrons. The Bertz CT molecular complexity index is 948. The van der Waals surface area contributed by atoms with Gasteiger partial charge in [-0.05, 0) is 56.3 Å². The lowest BCUT2D eigenvalue weighted by molar-refractivity contribution is -0.133. The van der Waals surface area contributed by atoms with Gasteiger partial charge in [-0.1, -0.05) is 36.4 Å². The predicted octanol–water partition coefficient (Wildman–Crippen LogP) is 4.77. The summed E-state index contributed by atoms with van der Waals surface area (Å²) in [6, 6.07) is 17.5. The summed E-state index contributed by atoms with van der Waals surface area (Å²) in [6.07, 6.45) is 0.743. The van der Waals surface area contributed by atoms with E-state index in [2.05, 4.69) is 12.1 Å². The minimum absolute atomic E-state index is 0.0445. The van der Waals surface area contributed by atoms with Crippen molar-refractivity contribution >= 4 is 23.2 Å². The van der Waals surface area contributed by atoms with Gasteiger partial charge in [-0.2, -0.15) is 0 Å². The highest BCUT2D eigenvalue weighted by Crippen LogP contribution is 2.16. The number of furan rings is 1. The van der Waals surface area contributed by atoms with Gasteiger partial charge in [0.05, 0.1) is 11.4 Å². The van der Waals surface area contributed by atoms with Gasteiger partial charge < -0.3 is 14.2 Å². The molecule has 158 valence electrons. The summed E-state index contributed by atoms with van der Waals surface area (Å²) in [5.74, 6) is 1.37. The van der Waals surface area contributed by atoms with E-state index in [1.54, 1.807) is 15.9 Å². The molecule has 3 aromatic rings. The first-order chi connectivity index (χ1) is 14.4. The lowest BCUT2D eigenvalue weighted by Crippen LogP contribution is -2.46. The monoisotopic (exact) mass is 424 g/mol. The Hall–Kier alpha value is -2.86. The molecule has 3 rings (SSSR count). The molecule has 0 aliphatic heterocycles. The second-order valence-electron chi connectivity index (χ2n) is 7.57. The van der Waals surface area contributed by atoms with Crippen molar-refractivity contribution in [2.45, 2.75) is 39.8 Å². The maximum absolute atomic E-state index is 13.3. The fourth-order valence-electron chi connectivity index (χ4n) is 3.24. The van der Waals surface area contributed by atoms with Gasteiger partial charge in [-0.3, -0.25) is 9.59 Å². The number of carbonyl (C=O) groups excluding carboxylic acids is 2. The first-order valence-corrected chi connectivity index (χ1v) is 11.0. The van der Waals surface area contributed by atoms with Crippen LogP contribution in [0.1, 0.15) is 40.6 Å². The molecule has 0 unspecified atom stereocenters. The fourth-order valence-corrected chi connectivity index (χ4v) is 3.91. The molecule has 2 heterocycles. The van der Waals surface area contributed by atoms with Crippen molar-refractivity contribution in [1.82, 2.24) is 9.80 Å². The SMILES string of the molecule is Cc1ccc(CN(CCc2ccccc2)C(=O)CN(C(=O)c2cccs2)C(C)C)o1. The number of carbonyl (C=O) groups is 2. The van der Waals surface area contributed by atoms with Crippen LogP contribution in [0.15, 0.2) is 64.4 Å². The molecule has 0 fully saturated rings. The molecule has 0 spiro atoms. The zero-order valence-electron chi connectivity index (χ0n) is 17.7. The molecule has 5 nitrogen and oxygen atoms in total. The smallest absolute Gasteiger partial charge is 0.264 e. The lowest BCUT2D eigenvalue weighted by atomic mass is 10.1. The Morgan fingerprint density at radius 3 is 2.40 bits per heavy atom. The zero-order chi connectivity index (χ0) is 21.5. The minimum atomic E-state index is -0.106.